The zero-order chi connectivity index (χ0) is 15.8. The normalized spacial score (nSPS) is 10.2. The molecule has 5 heteroatoms. The first kappa shape index (κ1) is 15.8. The Hall–Kier alpha value is -2.56. The summed E-state index contributed by atoms with van der Waals surface area (Å²) in [6.45, 7) is 7.04. The lowest BCUT2D eigenvalue weighted by molar-refractivity contribution is 0.203. The van der Waals surface area contributed by atoms with Gasteiger partial charge in [-0.2, -0.15) is 0 Å². The molecule has 22 heavy (non-hydrogen) atoms. The largest absolute Gasteiger partial charge is 0.361 e. The molecule has 5 nitrogen and oxygen atoms in total. The molecule has 0 aliphatic carbocycles. The lowest BCUT2D eigenvalue weighted by atomic mass is 10.1. The fourth-order valence-electron chi connectivity index (χ4n) is 2.12. The number of hydrogen-bond acceptors (Lipinski definition) is 3. The fraction of sp³-hybridized carbons (Fsp3) is 0.294. The van der Waals surface area contributed by atoms with Crippen LogP contribution in [0.5, 0.6) is 0 Å². The van der Waals surface area contributed by atoms with E-state index < -0.39 is 0 Å². The van der Waals surface area contributed by atoms with Crippen LogP contribution < -0.4 is 5.32 Å². The monoisotopic (exact) mass is 299 g/mol. The van der Waals surface area contributed by atoms with E-state index in [9.17, 15) is 4.79 Å². The summed E-state index contributed by atoms with van der Waals surface area (Å²) in [7, 11) is 0. The molecular formula is C17H21N3O2. The Kier molecular flexibility index (Phi) is 5.77. The number of nitrogens with one attached hydrogen (secondary N) is 1. The van der Waals surface area contributed by atoms with Crippen molar-refractivity contribution in [3.63, 3.8) is 0 Å². The maximum Gasteiger partial charge on any atom is 0.318 e. The van der Waals surface area contributed by atoms with E-state index in [1.807, 2.05) is 31.2 Å². The first-order chi connectivity index (χ1) is 10.7. The quantitative estimate of drug-likeness (QED) is 0.800. The van der Waals surface area contributed by atoms with Gasteiger partial charge in [-0.05, 0) is 18.9 Å². The van der Waals surface area contributed by atoms with Gasteiger partial charge in [0.25, 0.3) is 0 Å². The van der Waals surface area contributed by atoms with E-state index in [1.165, 1.54) is 5.56 Å². The van der Waals surface area contributed by atoms with E-state index in [2.05, 4.69) is 29.2 Å². The predicted octanol–water partition coefficient (Wildman–Crippen LogP) is 2.92. The molecule has 0 saturated heterocycles. The molecule has 2 amide bonds. The smallest absolute Gasteiger partial charge is 0.318 e. The summed E-state index contributed by atoms with van der Waals surface area (Å²) in [5.74, 6) is 0.733. The van der Waals surface area contributed by atoms with E-state index in [4.69, 9.17) is 4.52 Å². The van der Waals surface area contributed by atoms with Crippen molar-refractivity contribution in [1.82, 2.24) is 15.4 Å². The highest BCUT2D eigenvalue weighted by Crippen LogP contribution is 2.04. The maximum absolute atomic E-state index is 12.2. The highest BCUT2D eigenvalue weighted by atomic mass is 16.5. The Balaban J connectivity index is 1.86. The van der Waals surface area contributed by atoms with Gasteiger partial charge < -0.3 is 14.7 Å². The van der Waals surface area contributed by atoms with Crippen molar-refractivity contribution >= 4 is 6.03 Å². The molecule has 0 bridgehead atoms. The van der Waals surface area contributed by atoms with Gasteiger partial charge in [-0.25, -0.2) is 4.79 Å². The number of carbonyl (C=O) groups excluding carboxylic acids is 1. The minimum atomic E-state index is -0.128. The standard InChI is InChI=1S/C17H21N3O2/c1-3-10-20(11-9-15-7-5-4-6-8-15)17(21)18-13-16-12-14(2)22-19-16/h3-8,12H,1,9-11,13H2,2H3,(H,18,21). The van der Waals surface area contributed by atoms with Crippen LogP contribution in [0.1, 0.15) is 17.0 Å². The highest BCUT2D eigenvalue weighted by Gasteiger charge is 2.12. The molecule has 1 heterocycles. The summed E-state index contributed by atoms with van der Waals surface area (Å²) < 4.78 is 4.98. The first-order valence-electron chi connectivity index (χ1n) is 7.29. The Morgan fingerprint density at radius 3 is 2.82 bits per heavy atom. The lowest BCUT2D eigenvalue weighted by Gasteiger charge is -2.21. The molecule has 0 aliphatic rings. The van der Waals surface area contributed by atoms with Gasteiger partial charge in [0.05, 0.1) is 6.54 Å². The van der Waals surface area contributed by atoms with Crippen molar-refractivity contribution in [2.75, 3.05) is 13.1 Å². The van der Waals surface area contributed by atoms with Crippen molar-refractivity contribution in [3.05, 3.63) is 66.1 Å². The molecule has 1 aromatic heterocycles. The molecule has 2 rings (SSSR count). The van der Waals surface area contributed by atoms with E-state index in [-0.39, 0.29) is 6.03 Å². The second-order valence-corrected chi connectivity index (χ2v) is 5.06. The van der Waals surface area contributed by atoms with Gasteiger partial charge in [-0.3, -0.25) is 0 Å². The van der Waals surface area contributed by atoms with E-state index >= 15 is 0 Å². The fourth-order valence-corrected chi connectivity index (χ4v) is 2.12. The van der Waals surface area contributed by atoms with Crippen molar-refractivity contribution in [1.29, 1.82) is 0 Å². The molecule has 0 radical (unpaired) electrons. The van der Waals surface area contributed by atoms with Gasteiger partial charge in [-0.15, -0.1) is 6.58 Å². The Morgan fingerprint density at radius 2 is 2.18 bits per heavy atom. The summed E-state index contributed by atoms with van der Waals surface area (Å²) >= 11 is 0. The number of hydrogen-bond donors (Lipinski definition) is 1. The summed E-state index contributed by atoms with van der Waals surface area (Å²) in [5.41, 5.74) is 1.92. The van der Waals surface area contributed by atoms with Crippen LogP contribution in [0.2, 0.25) is 0 Å². The van der Waals surface area contributed by atoms with Crippen LogP contribution in [0, 0.1) is 6.92 Å². The number of rotatable bonds is 7. The number of benzene rings is 1. The van der Waals surface area contributed by atoms with Crippen LogP contribution in [0.25, 0.3) is 0 Å². The molecule has 2 aromatic rings. The molecule has 1 N–H and O–H groups in total. The Labute approximate surface area is 130 Å². The lowest BCUT2D eigenvalue weighted by Crippen LogP contribution is -2.40. The molecule has 0 saturated carbocycles. The zero-order valence-electron chi connectivity index (χ0n) is 12.8. The van der Waals surface area contributed by atoms with Gasteiger partial charge in [0.2, 0.25) is 0 Å². The summed E-state index contributed by atoms with van der Waals surface area (Å²) in [5, 5.41) is 6.71. The van der Waals surface area contributed by atoms with Gasteiger partial charge in [0.15, 0.2) is 0 Å². The van der Waals surface area contributed by atoms with Crippen molar-refractivity contribution in [2.24, 2.45) is 0 Å². The molecule has 0 fully saturated rings. The summed E-state index contributed by atoms with van der Waals surface area (Å²) in [6, 6.07) is 11.8. The molecule has 0 unspecified atom stereocenters. The molecule has 116 valence electrons. The third-order valence-electron chi connectivity index (χ3n) is 3.25. The minimum Gasteiger partial charge on any atom is -0.361 e. The van der Waals surface area contributed by atoms with Crippen LogP contribution >= 0.6 is 0 Å². The van der Waals surface area contributed by atoms with Crippen LogP contribution in [0.4, 0.5) is 4.79 Å². The summed E-state index contributed by atoms with van der Waals surface area (Å²) in [6.07, 6.45) is 2.54. The van der Waals surface area contributed by atoms with Crippen molar-refractivity contribution in [2.45, 2.75) is 19.9 Å². The van der Waals surface area contributed by atoms with E-state index in [0.717, 1.165) is 12.2 Å². The van der Waals surface area contributed by atoms with Crippen LogP contribution in [0.3, 0.4) is 0 Å². The third kappa shape index (κ3) is 4.77. The molecular weight excluding hydrogens is 278 g/mol. The molecule has 0 atom stereocenters. The predicted molar refractivity (Wildman–Crippen MR) is 85.4 cm³/mol. The molecule has 0 aliphatic heterocycles. The van der Waals surface area contributed by atoms with E-state index in [1.54, 1.807) is 11.0 Å². The van der Waals surface area contributed by atoms with Crippen LogP contribution in [-0.2, 0) is 13.0 Å². The topological polar surface area (TPSA) is 58.4 Å². The zero-order valence-corrected chi connectivity index (χ0v) is 12.8. The van der Waals surface area contributed by atoms with Gasteiger partial charge in [0, 0.05) is 19.2 Å². The Bertz CT molecular complexity index is 607. The van der Waals surface area contributed by atoms with Gasteiger partial charge in [0.1, 0.15) is 11.5 Å². The number of amides is 2. The first-order valence-corrected chi connectivity index (χ1v) is 7.29. The highest BCUT2D eigenvalue weighted by molar-refractivity contribution is 5.74. The average molecular weight is 299 g/mol. The minimum absolute atomic E-state index is 0.128. The average Bonchev–Trinajstić information content (AvgIpc) is 2.95. The Morgan fingerprint density at radius 1 is 1.41 bits per heavy atom. The third-order valence-corrected chi connectivity index (χ3v) is 3.25. The number of carbonyl (C=O) groups is 1. The van der Waals surface area contributed by atoms with E-state index in [0.29, 0.717) is 25.3 Å². The maximum atomic E-state index is 12.2. The number of aryl methyl sites for hydroxylation is 1. The summed E-state index contributed by atoms with van der Waals surface area (Å²) in [4.78, 5) is 14.0. The number of aromatic nitrogens is 1. The van der Waals surface area contributed by atoms with Crippen molar-refractivity contribution < 1.29 is 9.32 Å². The van der Waals surface area contributed by atoms with Crippen LogP contribution in [0.15, 0.2) is 53.6 Å². The second-order valence-electron chi connectivity index (χ2n) is 5.06. The van der Waals surface area contributed by atoms with Crippen LogP contribution in [-0.4, -0.2) is 29.2 Å². The van der Waals surface area contributed by atoms with Gasteiger partial charge in [-0.1, -0.05) is 41.6 Å². The SMILES string of the molecule is C=CCN(CCc1ccccc1)C(=O)NCc1cc(C)on1. The van der Waals surface area contributed by atoms with Crippen molar-refractivity contribution in [3.8, 4) is 0 Å². The molecule has 0 spiro atoms. The number of urea groups is 1. The number of nitrogens with zero attached hydrogens (tertiary/aromatic N) is 2. The molecule has 1 aromatic carbocycles. The second kappa shape index (κ2) is 8.02. The van der Waals surface area contributed by atoms with Gasteiger partial charge >= 0.3 is 6.03 Å².